The number of methoxy groups -OCH3 is 1. The summed E-state index contributed by atoms with van der Waals surface area (Å²) in [6.45, 7) is 2.38. The lowest BCUT2D eigenvalue weighted by Gasteiger charge is -2.34. The molecular weight excluding hydrogens is 382 g/mol. The number of nitrogens with zero attached hydrogens (tertiary/aromatic N) is 3. The molecule has 1 unspecified atom stereocenters. The van der Waals surface area contributed by atoms with E-state index in [4.69, 9.17) is 4.74 Å². The topological polar surface area (TPSA) is 92.2 Å². The average molecular weight is 409 g/mol. The molecule has 0 saturated carbocycles. The summed E-state index contributed by atoms with van der Waals surface area (Å²) < 4.78 is 6.48. The van der Waals surface area contributed by atoms with Crippen LogP contribution in [-0.2, 0) is 22.5 Å². The summed E-state index contributed by atoms with van der Waals surface area (Å²) in [5.41, 5.74) is 1.90. The van der Waals surface area contributed by atoms with Gasteiger partial charge < -0.3 is 19.9 Å². The normalized spacial score (nSPS) is 16.7. The zero-order valence-corrected chi connectivity index (χ0v) is 17.1. The quantitative estimate of drug-likeness (QED) is 0.620. The van der Waals surface area contributed by atoms with Crippen molar-refractivity contribution in [1.29, 1.82) is 0 Å². The van der Waals surface area contributed by atoms with Gasteiger partial charge in [0.1, 0.15) is 5.82 Å². The SMILES string of the molecule is COCCn1nc(N2CCCC(NC(=O)Cc3c[nH]c4ccccc34)C2)ccc1=O. The summed E-state index contributed by atoms with van der Waals surface area (Å²) in [6, 6.07) is 11.3. The minimum absolute atomic E-state index is 0.0182. The minimum atomic E-state index is -0.142. The van der Waals surface area contributed by atoms with Gasteiger partial charge in [0.25, 0.3) is 5.56 Å². The molecule has 2 N–H and O–H groups in total. The first-order chi connectivity index (χ1) is 14.6. The molecule has 0 radical (unpaired) electrons. The van der Waals surface area contributed by atoms with Crippen LogP contribution in [0.4, 0.5) is 5.82 Å². The Morgan fingerprint density at radius 1 is 1.30 bits per heavy atom. The highest BCUT2D eigenvalue weighted by Crippen LogP contribution is 2.19. The molecule has 1 saturated heterocycles. The molecular formula is C22H27N5O3. The molecule has 4 rings (SSSR count). The molecule has 1 amide bonds. The number of anilines is 1. The van der Waals surface area contributed by atoms with E-state index in [-0.39, 0.29) is 17.5 Å². The second-order valence-corrected chi connectivity index (χ2v) is 7.63. The number of para-hydroxylation sites is 1. The van der Waals surface area contributed by atoms with Gasteiger partial charge in [-0.2, -0.15) is 5.10 Å². The maximum atomic E-state index is 12.7. The summed E-state index contributed by atoms with van der Waals surface area (Å²) >= 11 is 0. The number of carbonyl (C=O) groups excluding carboxylic acids is 1. The van der Waals surface area contributed by atoms with Gasteiger partial charge in [0.2, 0.25) is 5.91 Å². The first-order valence-electron chi connectivity index (χ1n) is 10.3. The van der Waals surface area contributed by atoms with Crippen LogP contribution in [-0.4, -0.2) is 53.5 Å². The van der Waals surface area contributed by atoms with E-state index in [0.717, 1.165) is 41.7 Å². The van der Waals surface area contributed by atoms with Gasteiger partial charge in [-0.05, 0) is 30.5 Å². The van der Waals surface area contributed by atoms with Gasteiger partial charge in [-0.15, -0.1) is 0 Å². The van der Waals surface area contributed by atoms with Crippen molar-refractivity contribution in [2.24, 2.45) is 0 Å². The van der Waals surface area contributed by atoms with E-state index >= 15 is 0 Å². The maximum Gasteiger partial charge on any atom is 0.266 e. The molecule has 3 heterocycles. The molecule has 8 heteroatoms. The largest absolute Gasteiger partial charge is 0.383 e. The maximum absolute atomic E-state index is 12.7. The monoisotopic (exact) mass is 409 g/mol. The molecule has 3 aromatic rings. The molecule has 158 valence electrons. The standard InChI is InChI=1S/C22H27N5O3/c1-30-12-11-27-22(29)9-8-20(25-27)26-10-4-5-17(15-26)24-21(28)13-16-14-23-19-7-3-2-6-18(16)19/h2-3,6-9,14,17,23H,4-5,10-13,15H2,1H3,(H,24,28). The Morgan fingerprint density at radius 3 is 3.03 bits per heavy atom. The molecule has 30 heavy (non-hydrogen) atoms. The fourth-order valence-electron chi connectivity index (χ4n) is 3.98. The van der Waals surface area contributed by atoms with Crippen molar-refractivity contribution in [1.82, 2.24) is 20.1 Å². The molecule has 1 aliphatic heterocycles. The van der Waals surface area contributed by atoms with Crippen LogP contribution >= 0.6 is 0 Å². The number of amides is 1. The second kappa shape index (κ2) is 9.13. The van der Waals surface area contributed by atoms with Crippen molar-refractivity contribution < 1.29 is 9.53 Å². The Morgan fingerprint density at radius 2 is 2.17 bits per heavy atom. The number of H-pyrrole nitrogens is 1. The second-order valence-electron chi connectivity index (χ2n) is 7.63. The van der Waals surface area contributed by atoms with Crippen LogP contribution in [0.15, 0.2) is 47.4 Å². The van der Waals surface area contributed by atoms with Crippen molar-refractivity contribution >= 4 is 22.6 Å². The lowest BCUT2D eigenvalue weighted by atomic mass is 10.0. The lowest BCUT2D eigenvalue weighted by molar-refractivity contribution is -0.121. The fraction of sp³-hybridized carbons (Fsp3) is 0.409. The number of carbonyl (C=O) groups is 1. The summed E-state index contributed by atoms with van der Waals surface area (Å²) in [7, 11) is 1.60. The third-order valence-corrected chi connectivity index (χ3v) is 5.50. The highest BCUT2D eigenvalue weighted by atomic mass is 16.5. The highest BCUT2D eigenvalue weighted by molar-refractivity contribution is 5.88. The van der Waals surface area contributed by atoms with Gasteiger partial charge in [-0.1, -0.05) is 18.2 Å². The number of hydrogen-bond acceptors (Lipinski definition) is 5. The highest BCUT2D eigenvalue weighted by Gasteiger charge is 2.23. The van der Waals surface area contributed by atoms with E-state index in [1.54, 1.807) is 13.2 Å². The summed E-state index contributed by atoms with van der Waals surface area (Å²) in [5.74, 6) is 0.769. The fourth-order valence-corrected chi connectivity index (χ4v) is 3.98. The predicted molar refractivity (Wildman–Crippen MR) is 116 cm³/mol. The van der Waals surface area contributed by atoms with Crippen LogP contribution in [0.25, 0.3) is 10.9 Å². The number of aromatic amines is 1. The van der Waals surface area contributed by atoms with Crippen LogP contribution < -0.4 is 15.8 Å². The minimum Gasteiger partial charge on any atom is -0.383 e. The van der Waals surface area contributed by atoms with Gasteiger partial charge in [-0.3, -0.25) is 9.59 Å². The molecule has 8 nitrogen and oxygen atoms in total. The third kappa shape index (κ3) is 4.54. The zero-order chi connectivity index (χ0) is 20.9. The Bertz CT molecular complexity index is 1070. The molecule has 2 aromatic heterocycles. The van der Waals surface area contributed by atoms with E-state index in [1.165, 1.54) is 10.7 Å². The number of aromatic nitrogens is 3. The number of rotatable bonds is 7. The summed E-state index contributed by atoms with van der Waals surface area (Å²) in [5, 5.41) is 8.73. The first kappa shape index (κ1) is 20.2. The van der Waals surface area contributed by atoms with E-state index in [1.807, 2.05) is 30.5 Å². The van der Waals surface area contributed by atoms with E-state index in [9.17, 15) is 9.59 Å². The first-order valence-corrected chi connectivity index (χ1v) is 10.3. The van der Waals surface area contributed by atoms with E-state index in [0.29, 0.717) is 26.1 Å². The third-order valence-electron chi connectivity index (χ3n) is 5.50. The Balaban J connectivity index is 1.39. The van der Waals surface area contributed by atoms with Crippen LogP contribution in [0.1, 0.15) is 18.4 Å². The van der Waals surface area contributed by atoms with Crippen LogP contribution in [0.5, 0.6) is 0 Å². The van der Waals surface area contributed by atoms with Gasteiger partial charge in [0.05, 0.1) is 19.6 Å². The number of nitrogens with one attached hydrogen (secondary N) is 2. The smallest absolute Gasteiger partial charge is 0.266 e. The molecule has 1 atom stereocenters. The number of piperidine rings is 1. The number of ether oxygens (including phenoxy) is 1. The Labute approximate surface area is 174 Å². The van der Waals surface area contributed by atoms with Crippen molar-refractivity contribution in [2.45, 2.75) is 31.8 Å². The predicted octanol–water partition coefficient (Wildman–Crippen LogP) is 1.70. The number of hydrogen-bond donors (Lipinski definition) is 2. The average Bonchev–Trinajstić information content (AvgIpc) is 3.16. The lowest BCUT2D eigenvalue weighted by Crippen LogP contribution is -2.48. The molecule has 0 bridgehead atoms. The van der Waals surface area contributed by atoms with Crippen molar-refractivity contribution in [2.75, 3.05) is 31.7 Å². The Kier molecular flexibility index (Phi) is 6.13. The molecule has 1 fully saturated rings. The molecule has 0 spiro atoms. The van der Waals surface area contributed by atoms with Crippen molar-refractivity contribution in [3.63, 3.8) is 0 Å². The summed E-state index contributed by atoms with van der Waals surface area (Å²) in [6.07, 6.45) is 4.14. The van der Waals surface area contributed by atoms with Crippen molar-refractivity contribution in [3.8, 4) is 0 Å². The Hall–Kier alpha value is -3.13. The van der Waals surface area contributed by atoms with Gasteiger partial charge in [0, 0.05) is 49.4 Å². The van der Waals surface area contributed by atoms with E-state index in [2.05, 4.69) is 20.3 Å². The summed E-state index contributed by atoms with van der Waals surface area (Å²) in [4.78, 5) is 30.0. The molecule has 1 aliphatic rings. The number of fused-ring (bicyclic) bond motifs is 1. The van der Waals surface area contributed by atoms with Crippen LogP contribution in [0.2, 0.25) is 0 Å². The molecule has 1 aromatic carbocycles. The van der Waals surface area contributed by atoms with Gasteiger partial charge in [0.15, 0.2) is 0 Å². The zero-order valence-electron chi connectivity index (χ0n) is 17.1. The number of benzene rings is 1. The molecule has 0 aliphatic carbocycles. The van der Waals surface area contributed by atoms with Gasteiger partial charge >= 0.3 is 0 Å². The van der Waals surface area contributed by atoms with Crippen molar-refractivity contribution in [3.05, 3.63) is 58.5 Å². The van der Waals surface area contributed by atoms with Crippen LogP contribution in [0.3, 0.4) is 0 Å². The van der Waals surface area contributed by atoms with Gasteiger partial charge in [-0.25, -0.2) is 4.68 Å². The van der Waals surface area contributed by atoms with E-state index < -0.39 is 0 Å². The van der Waals surface area contributed by atoms with Crippen LogP contribution in [0, 0.1) is 0 Å².